The van der Waals surface area contributed by atoms with E-state index >= 15 is 0 Å². The van der Waals surface area contributed by atoms with Crippen molar-refractivity contribution in [3.8, 4) is 17.2 Å². The Labute approximate surface area is 160 Å². The third kappa shape index (κ3) is 3.04. The van der Waals surface area contributed by atoms with E-state index in [1.165, 1.54) is 25.7 Å². The van der Waals surface area contributed by atoms with Crippen LogP contribution >= 0.6 is 0 Å². The van der Waals surface area contributed by atoms with Gasteiger partial charge in [-0.25, -0.2) is 0 Å². The number of rotatable bonds is 6. The van der Waals surface area contributed by atoms with Crippen LogP contribution in [0.1, 0.15) is 42.5 Å². The van der Waals surface area contributed by atoms with Gasteiger partial charge in [0.05, 0.1) is 33.0 Å². The molecule has 2 aliphatic carbocycles. The van der Waals surface area contributed by atoms with Crippen molar-refractivity contribution in [1.29, 1.82) is 0 Å². The number of carbonyl (C=O) groups is 1. The first-order valence-corrected chi connectivity index (χ1v) is 9.91. The SMILES string of the molecule is COc1ccc(C(=O)N[C@H]2[C@H]3CCO[C@H]3[C@H]2C2CCCC2)c(OC)c1OC. The van der Waals surface area contributed by atoms with Crippen LogP contribution in [-0.4, -0.2) is 46.0 Å². The molecule has 0 radical (unpaired) electrons. The lowest BCUT2D eigenvalue weighted by molar-refractivity contribution is -0.0784. The molecule has 0 unspecified atom stereocenters. The molecule has 1 amide bonds. The summed E-state index contributed by atoms with van der Waals surface area (Å²) in [6, 6.07) is 3.67. The van der Waals surface area contributed by atoms with Gasteiger partial charge in [-0.2, -0.15) is 0 Å². The lowest BCUT2D eigenvalue weighted by atomic mass is 9.61. The minimum atomic E-state index is -0.119. The summed E-state index contributed by atoms with van der Waals surface area (Å²) in [5.74, 6) is 2.82. The van der Waals surface area contributed by atoms with Crippen LogP contribution in [0.4, 0.5) is 0 Å². The van der Waals surface area contributed by atoms with Crippen molar-refractivity contribution in [3.05, 3.63) is 17.7 Å². The molecule has 4 atom stereocenters. The van der Waals surface area contributed by atoms with E-state index in [1.807, 2.05) is 0 Å². The third-order valence-electron chi connectivity index (χ3n) is 6.63. The molecule has 0 spiro atoms. The second kappa shape index (κ2) is 7.58. The number of hydrogen-bond acceptors (Lipinski definition) is 5. The third-order valence-corrected chi connectivity index (χ3v) is 6.63. The Kier molecular flexibility index (Phi) is 5.17. The molecule has 1 N–H and O–H groups in total. The topological polar surface area (TPSA) is 66.0 Å². The summed E-state index contributed by atoms with van der Waals surface area (Å²) in [5.41, 5.74) is 0.475. The number of nitrogens with one attached hydrogen (secondary N) is 1. The van der Waals surface area contributed by atoms with E-state index in [-0.39, 0.29) is 11.9 Å². The molecule has 2 saturated carbocycles. The molecular weight excluding hydrogens is 346 g/mol. The minimum Gasteiger partial charge on any atom is -0.493 e. The number of amides is 1. The van der Waals surface area contributed by atoms with Gasteiger partial charge in [-0.3, -0.25) is 4.79 Å². The number of fused-ring (bicyclic) bond motifs is 1. The molecule has 3 aliphatic rings. The highest BCUT2D eigenvalue weighted by Crippen LogP contribution is 2.51. The fraction of sp³-hybridized carbons (Fsp3) is 0.667. The molecule has 148 valence electrons. The Bertz CT molecular complexity index is 695. The van der Waals surface area contributed by atoms with Gasteiger partial charge in [0.25, 0.3) is 5.91 Å². The summed E-state index contributed by atoms with van der Waals surface area (Å²) >= 11 is 0. The molecule has 1 heterocycles. The average Bonchev–Trinajstić information content (AvgIpc) is 3.35. The van der Waals surface area contributed by atoms with Crippen molar-refractivity contribution >= 4 is 5.91 Å². The van der Waals surface area contributed by atoms with Crippen molar-refractivity contribution in [1.82, 2.24) is 5.32 Å². The van der Waals surface area contributed by atoms with E-state index < -0.39 is 0 Å². The first-order chi connectivity index (χ1) is 13.2. The summed E-state index contributed by atoms with van der Waals surface area (Å²) in [6.07, 6.45) is 6.45. The highest BCUT2D eigenvalue weighted by Gasteiger charge is 2.57. The molecule has 6 heteroatoms. The molecule has 1 saturated heterocycles. The van der Waals surface area contributed by atoms with Gasteiger partial charge in [0, 0.05) is 24.5 Å². The summed E-state index contributed by atoms with van der Waals surface area (Å²) in [4.78, 5) is 13.1. The van der Waals surface area contributed by atoms with Crippen molar-refractivity contribution < 1.29 is 23.7 Å². The number of benzene rings is 1. The van der Waals surface area contributed by atoms with Crippen LogP contribution in [0.5, 0.6) is 17.2 Å². The molecule has 0 bridgehead atoms. The van der Waals surface area contributed by atoms with Crippen LogP contribution in [-0.2, 0) is 4.74 Å². The van der Waals surface area contributed by atoms with Crippen LogP contribution < -0.4 is 19.5 Å². The standard InChI is InChI=1S/C21H29NO5/c1-24-15-9-8-14(19(25-2)20(15)26-3)21(23)22-17-13-10-11-27-18(13)16(17)12-6-4-5-7-12/h8-9,12-13,16-18H,4-7,10-11H2,1-3H3,(H,22,23)/t13-,16+,17+,18-/m1/s1. The van der Waals surface area contributed by atoms with E-state index in [0.717, 1.165) is 13.0 Å². The predicted octanol–water partition coefficient (Wildman–Crippen LogP) is 3.04. The summed E-state index contributed by atoms with van der Waals surface area (Å²) in [6.45, 7) is 0.810. The number of methoxy groups -OCH3 is 3. The molecule has 0 aromatic heterocycles. The van der Waals surface area contributed by atoms with Crippen molar-refractivity contribution in [2.24, 2.45) is 17.8 Å². The maximum absolute atomic E-state index is 13.1. The Morgan fingerprint density at radius 2 is 1.78 bits per heavy atom. The van der Waals surface area contributed by atoms with Gasteiger partial charge in [0.1, 0.15) is 0 Å². The number of ether oxygens (including phenoxy) is 4. The second-order valence-electron chi connectivity index (χ2n) is 7.79. The first-order valence-electron chi connectivity index (χ1n) is 9.91. The van der Waals surface area contributed by atoms with E-state index in [0.29, 0.717) is 46.7 Å². The molecule has 4 rings (SSSR count). The maximum atomic E-state index is 13.1. The summed E-state index contributed by atoms with van der Waals surface area (Å²) < 4.78 is 22.2. The summed E-state index contributed by atoms with van der Waals surface area (Å²) in [7, 11) is 4.65. The smallest absolute Gasteiger partial charge is 0.255 e. The molecule has 6 nitrogen and oxygen atoms in total. The van der Waals surface area contributed by atoms with Crippen LogP contribution in [0.2, 0.25) is 0 Å². The molecule has 1 aromatic carbocycles. The van der Waals surface area contributed by atoms with Crippen LogP contribution in [0.15, 0.2) is 12.1 Å². The van der Waals surface area contributed by atoms with Crippen molar-refractivity contribution in [2.45, 2.75) is 44.2 Å². The minimum absolute atomic E-state index is 0.119. The fourth-order valence-corrected chi connectivity index (χ4v) is 5.37. The molecule has 1 aliphatic heterocycles. The molecule has 27 heavy (non-hydrogen) atoms. The van der Waals surface area contributed by atoms with Crippen molar-refractivity contribution in [2.75, 3.05) is 27.9 Å². The van der Waals surface area contributed by atoms with Crippen LogP contribution in [0.3, 0.4) is 0 Å². The van der Waals surface area contributed by atoms with Gasteiger partial charge in [-0.15, -0.1) is 0 Å². The largest absolute Gasteiger partial charge is 0.493 e. The summed E-state index contributed by atoms with van der Waals surface area (Å²) in [5, 5.41) is 3.30. The van der Waals surface area contributed by atoms with E-state index in [2.05, 4.69) is 5.32 Å². The van der Waals surface area contributed by atoms with Gasteiger partial charge < -0.3 is 24.3 Å². The Balaban J connectivity index is 1.56. The van der Waals surface area contributed by atoms with Crippen molar-refractivity contribution in [3.63, 3.8) is 0 Å². The lowest BCUT2D eigenvalue weighted by Crippen LogP contribution is -2.63. The zero-order valence-electron chi connectivity index (χ0n) is 16.3. The van der Waals surface area contributed by atoms with Gasteiger partial charge in [0.15, 0.2) is 11.5 Å². The fourth-order valence-electron chi connectivity index (χ4n) is 5.37. The van der Waals surface area contributed by atoms with E-state index in [1.54, 1.807) is 33.5 Å². The van der Waals surface area contributed by atoms with Crippen LogP contribution in [0.25, 0.3) is 0 Å². The normalized spacial score (nSPS) is 29.7. The first kappa shape index (κ1) is 18.4. The quantitative estimate of drug-likeness (QED) is 0.828. The molecular formula is C21H29NO5. The average molecular weight is 375 g/mol. The van der Waals surface area contributed by atoms with Gasteiger partial charge in [-0.1, -0.05) is 25.7 Å². The zero-order chi connectivity index (χ0) is 19.0. The molecule has 3 fully saturated rings. The Morgan fingerprint density at radius 1 is 1.04 bits per heavy atom. The second-order valence-corrected chi connectivity index (χ2v) is 7.79. The predicted molar refractivity (Wildman–Crippen MR) is 101 cm³/mol. The highest BCUT2D eigenvalue weighted by atomic mass is 16.5. The van der Waals surface area contributed by atoms with Gasteiger partial charge >= 0.3 is 0 Å². The zero-order valence-corrected chi connectivity index (χ0v) is 16.3. The van der Waals surface area contributed by atoms with Gasteiger partial charge in [0.2, 0.25) is 5.75 Å². The lowest BCUT2D eigenvalue weighted by Gasteiger charge is -2.50. The highest BCUT2D eigenvalue weighted by molar-refractivity contribution is 5.98. The Morgan fingerprint density at radius 3 is 2.44 bits per heavy atom. The van der Waals surface area contributed by atoms with E-state index in [4.69, 9.17) is 18.9 Å². The number of carbonyl (C=O) groups excluding carboxylic acids is 1. The number of hydrogen-bond donors (Lipinski definition) is 1. The van der Waals surface area contributed by atoms with Gasteiger partial charge in [-0.05, 0) is 24.5 Å². The molecule has 1 aromatic rings. The maximum Gasteiger partial charge on any atom is 0.255 e. The van der Waals surface area contributed by atoms with Crippen LogP contribution in [0, 0.1) is 17.8 Å². The Hall–Kier alpha value is -1.95. The van der Waals surface area contributed by atoms with E-state index in [9.17, 15) is 4.79 Å². The monoisotopic (exact) mass is 375 g/mol.